The molecule has 21 heavy (non-hydrogen) atoms. The molecular formula is C16H27N3O2. The number of likely N-dealkylation sites (tertiary alicyclic amines) is 1. The summed E-state index contributed by atoms with van der Waals surface area (Å²) >= 11 is 0. The first-order chi connectivity index (χ1) is 9.97. The molecular weight excluding hydrogens is 266 g/mol. The summed E-state index contributed by atoms with van der Waals surface area (Å²) in [6.45, 7) is 5.56. The molecule has 0 spiro atoms. The van der Waals surface area contributed by atoms with E-state index in [1.54, 1.807) is 20.3 Å². The minimum Gasteiger partial charge on any atom is -0.493 e. The molecule has 2 rings (SSSR count). The normalized spacial score (nSPS) is 18.3. The summed E-state index contributed by atoms with van der Waals surface area (Å²) in [5.41, 5.74) is 8.00. The fraction of sp³-hybridized carbons (Fsp3) is 0.625. The summed E-state index contributed by atoms with van der Waals surface area (Å²) in [4.78, 5) is 2.38. The molecule has 1 aliphatic rings. The van der Waals surface area contributed by atoms with Crippen LogP contribution < -0.4 is 20.5 Å². The second kappa shape index (κ2) is 6.43. The highest BCUT2D eigenvalue weighted by atomic mass is 16.5. The van der Waals surface area contributed by atoms with Crippen molar-refractivity contribution in [1.82, 2.24) is 4.90 Å². The maximum absolute atomic E-state index is 6.10. The third-order valence-corrected chi connectivity index (χ3v) is 4.46. The quantitative estimate of drug-likeness (QED) is 0.817. The smallest absolute Gasteiger partial charge is 0.162 e. The molecule has 0 atom stereocenters. The third-order valence-electron chi connectivity index (χ3n) is 4.46. The predicted octanol–water partition coefficient (Wildman–Crippen LogP) is 2.43. The molecule has 0 radical (unpaired) electrons. The van der Waals surface area contributed by atoms with Crippen molar-refractivity contribution in [2.24, 2.45) is 5.41 Å². The molecule has 1 aliphatic heterocycles. The highest BCUT2D eigenvalue weighted by Gasteiger charge is 2.28. The van der Waals surface area contributed by atoms with Gasteiger partial charge in [-0.15, -0.1) is 0 Å². The number of nitrogens with one attached hydrogen (secondary N) is 1. The van der Waals surface area contributed by atoms with Crippen molar-refractivity contribution in [3.63, 3.8) is 0 Å². The SMILES string of the molecule is COc1cc(N)c(NCC2(C)CCN(C)CC2)cc1OC. The molecule has 0 aromatic heterocycles. The molecule has 118 valence electrons. The molecule has 1 heterocycles. The van der Waals surface area contributed by atoms with E-state index in [0.717, 1.165) is 25.3 Å². The summed E-state index contributed by atoms with van der Waals surface area (Å²) in [7, 11) is 5.43. The van der Waals surface area contributed by atoms with E-state index in [1.807, 2.05) is 6.07 Å². The van der Waals surface area contributed by atoms with Gasteiger partial charge < -0.3 is 25.4 Å². The molecule has 0 amide bonds. The van der Waals surface area contributed by atoms with Crippen LogP contribution in [0.1, 0.15) is 19.8 Å². The van der Waals surface area contributed by atoms with E-state index < -0.39 is 0 Å². The number of hydrogen-bond donors (Lipinski definition) is 2. The summed E-state index contributed by atoms with van der Waals surface area (Å²) < 4.78 is 10.6. The fourth-order valence-electron chi connectivity index (χ4n) is 2.69. The molecule has 0 unspecified atom stereocenters. The van der Waals surface area contributed by atoms with Gasteiger partial charge in [0.15, 0.2) is 11.5 Å². The maximum Gasteiger partial charge on any atom is 0.162 e. The minimum atomic E-state index is 0.312. The van der Waals surface area contributed by atoms with Crippen LogP contribution in [0.2, 0.25) is 0 Å². The van der Waals surface area contributed by atoms with Crippen LogP contribution in [-0.2, 0) is 0 Å². The molecule has 3 N–H and O–H groups in total. The lowest BCUT2D eigenvalue weighted by Gasteiger charge is -2.38. The van der Waals surface area contributed by atoms with Crippen LogP contribution in [0.5, 0.6) is 11.5 Å². The Bertz CT molecular complexity index is 483. The third kappa shape index (κ3) is 3.73. The van der Waals surface area contributed by atoms with Gasteiger partial charge in [-0.3, -0.25) is 0 Å². The Balaban J connectivity index is 2.06. The predicted molar refractivity (Wildman–Crippen MR) is 87.3 cm³/mol. The molecule has 1 saturated heterocycles. The first kappa shape index (κ1) is 15.8. The topological polar surface area (TPSA) is 59.8 Å². The fourth-order valence-corrected chi connectivity index (χ4v) is 2.69. The van der Waals surface area contributed by atoms with Crippen molar-refractivity contribution < 1.29 is 9.47 Å². The summed E-state index contributed by atoms with van der Waals surface area (Å²) in [5, 5.41) is 3.48. The van der Waals surface area contributed by atoms with Gasteiger partial charge in [0, 0.05) is 18.7 Å². The second-order valence-corrected chi connectivity index (χ2v) is 6.26. The van der Waals surface area contributed by atoms with E-state index in [9.17, 15) is 0 Å². The van der Waals surface area contributed by atoms with E-state index in [2.05, 4.69) is 24.2 Å². The van der Waals surface area contributed by atoms with Gasteiger partial charge in [0.05, 0.1) is 25.6 Å². The Labute approximate surface area is 127 Å². The highest BCUT2D eigenvalue weighted by molar-refractivity contribution is 5.72. The van der Waals surface area contributed by atoms with Crippen molar-refractivity contribution in [2.75, 3.05) is 52.0 Å². The lowest BCUT2D eigenvalue weighted by Crippen LogP contribution is -2.40. The number of hydrogen-bond acceptors (Lipinski definition) is 5. The van der Waals surface area contributed by atoms with Crippen LogP contribution in [0.25, 0.3) is 0 Å². The molecule has 0 saturated carbocycles. The number of anilines is 2. The van der Waals surface area contributed by atoms with Gasteiger partial charge >= 0.3 is 0 Å². The van der Waals surface area contributed by atoms with Gasteiger partial charge in [-0.1, -0.05) is 6.92 Å². The van der Waals surface area contributed by atoms with E-state index in [1.165, 1.54) is 12.8 Å². The molecule has 5 nitrogen and oxygen atoms in total. The van der Waals surface area contributed by atoms with Gasteiger partial charge in [-0.25, -0.2) is 0 Å². The van der Waals surface area contributed by atoms with Crippen molar-refractivity contribution in [3.05, 3.63) is 12.1 Å². The zero-order valence-corrected chi connectivity index (χ0v) is 13.5. The van der Waals surface area contributed by atoms with Crippen LogP contribution in [-0.4, -0.2) is 45.8 Å². The Kier molecular flexibility index (Phi) is 4.83. The number of nitrogens with two attached hydrogens (primary N) is 1. The molecule has 1 fully saturated rings. The largest absolute Gasteiger partial charge is 0.493 e. The van der Waals surface area contributed by atoms with Crippen molar-refractivity contribution in [1.29, 1.82) is 0 Å². The monoisotopic (exact) mass is 293 g/mol. The maximum atomic E-state index is 6.10. The zero-order valence-electron chi connectivity index (χ0n) is 13.5. The van der Waals surface area contributed by atoms with Gasteiger partial charge in [-0.2, -0.15) is 0 Å². The lowest BCUT2D eigenvalue weighted by atomic mass is 9.80. The van der Waals surface area contributed by atoms with Crippen molar-refractivity contribution in [2.45, 2.75) is 19.8 Å². The molecule has 5 heteroatoms. The van der Waals surface area contributed by atoms with Crippen LogP contribution in [0.3, 0.4) is 0 Å². The number of benzene rings is 1. The standard InChI is InChI=1S/C16H27N3O2/c1-16(5-7-19(2)8-6-16)11-18-13-10-15(21-4)14(20-3)9-12(13)17/h9-10,18H,5-8,11,17H2,1-4H3. The lowest BCUT2D eigenvalue weighted by molar-refractivity contribution is 0.150. The van der Waals surface area contributed by atoms with E-state index >= 15 is 0 Å². The van der Waals surface area contributed by atoms with Gasteiger partial charge in [0.25, 0.3) is 0 Å². The first-order valence-electron chi connectivity index (χ1n) is 7.41. The van der Waals surface area contributed by atoms with Gasteiger partial charge in [0.1, 0.15) is 0 Å². The Morgan fingerprint density at radius 1 is 1.19 bits per heavy atom. The number of rotatable bonds is 5. The van der Waals surface area contributed by atoms with Crippen LogP contribution in [0.4, 0.5) is 11.4 Å². The van der Waals surface area contributed by atoms with Gasteiger partial charge in [-0.05, 0) is 38.4 Å². The number of ether oxygens (including phenoxy) is 2. The average Bonchev–Trinajstić information content (AvgIpc) is 2.49. The zero-order chi connectivity index (χ0) is 15.5. The molecule has 0 bridgehead atoms. The first-order valence-corrected chi connectivity index (χ1v) is 7.41. The van der Waals surface area contributed by atoms with Crippen molar-refractivity contribution >= 4 is 11.4 Å². The molecule has 1 aromatic rings. The van der Waals surface area contributed by atoms with E-state index in [0.29, 0.717) is 22.6 Å². The Morgan fingerprint density at radius 2 is 1.76 bits per heavy atom. The van der Waals surface area contributed by atoms with E-state index in [-0.39, 0.29) is 0 Å². The Morgan fingerprint density at radius 3 is 2.33 bits per heavy atom. The Hall–Kier alpha value is -1.62. The number of nitrogen functional groups attached to an aromatic ring is 1. The van der Waals surface area contributed by atoms with Crippen LogP contribution in [0, 0.1) is 5.41 Å². The number of nitrogens with zero attached hydrogens (tertiary/aromatic N) is 1. The number of piperidine rings is 1. The summed E-state index contributed by atoms with van der Waals surface area (Å²) in [6.07, 6.45) is 2.40. The van der Waals surface area contributed by atoms with Gasteiger partial charge in [0.2, 0.25) is 0 Å². The summed E-state index contributed by atoms with van der Waals surface area (Å²) in [6, 6.07) is 3.71. The van der Waals surface area contributed by atoms with E-state index in [4.69, 9.17) is 15.2 Å². The van der Waals surface area contributed by atoms with Crippen LogP contribution >= 0.6 is 0 Å². The second-order valence-electron chi connectivity index (χ2n) is 6.26. The number of methoxy groups -OCH3 is 2. The highest BCUT2D eigenvalue weighted by Crippen LogP contribution is 2.36. The minimum absolute atomic E-state index is 0.312. The average molecular weight is 293 g/mol. The molecule has 0 aliphatic carbocycles. The molecule has 1 aromatic carbocycles. The van der Waals surface area contributed by atoms with Crippen LogP contribution in [0.15, 0.2) is 12.1 Å². The summed E-state index contributed by atoms with van der Waals surface area (Å²) in [5.74, 6) is 1.36. The van der Waals surface area contributed by atoms with Crippen molar-refractivity contribution in [3.8, 4) is 11.5 Å².